The van der Waals surface area contributed by atoms with Crippen LogP contribution in [-0.4, -0.2) is 18.9 Å². The summed E-state index contributed by atoms with van der Waals surface area (Å²) < 4.78 is 5.01. The number of rotatable bonds is 3. The number of nitrogens with zero attached hydrogens (tertiary/aromatic N) is 1. The number of hydrogen-bond acceptors (Lipinski definition) is 6. The van der Waals surface area contributed by atoms with Crippen molar-refractivity contribution in [2.24, 2.45) is 5.41 Å². The van der Waals surface area contributed by atoms with E-state index in [1.165, 1.54) is 29.8 Å². The predicted octanol–water partition coefficient (Wildman–Crippen LogP) is 3.72. The molecule has 2 aromatic rings. The number of ketones is 1. The summed E-state index contributed by atoms with van der Waals surface area (Å²) in [4.78, 5) is 26.8. The van der Waals surface area contributed by atoms with E-state index in [9.17, 15) is 14.9 Å². The molecule has 1 fully saturated rings. The zero-order valence-corrected chi connectivity index (χ0v) is 14.2. The van der Waals surface area contributed by atoms with Gasteiger partial charge in [0.15, 0.2) is 5.41 Å². The van der Waals surface area contributed by atoms with Crippen LogP contribution in [0, 0.1) is 16.7 Å². The number of esters is 1. The first-order chi connectivity index (χ1) is 11.1. The molecule has 0 N–H and O–H groups in total. The van der Waals surface area contributed by atoms with Crippen molar-refractivity contribution in [1.82, 2.24) is 0 Å². The molecule has 1 aliphatic carbocycles. The predicted molar refractivity (Wildman–Crippen MR) is 88.4 cm³/mol. The van der Waals surface area contributed by atoms with Crippen LogP contribution in [0.5, 0.6) is 0 Å². The van der Waals surface area contributed by atoms with Crippen LogP contribution in [0.2, 0.25) is 0 Å². The van der Waals surface area contributed by atoms with Crippen molar-refractivity contribution in [3.63, 3.8) is 0 Å². The Hall–Kier alpha value is -1.97. The fraction of sp³-hybridized carbons (Fsp3) is 0.353. The molecule has 2 aromatic heterocycles. The van der Waals surface area contributed by atoms with Crippen molar-refractivity contribution < 1.29 is 14.3 Å². The molecule has 4 nitrogen and oxygen atoms in total. The summed E-state index contributed by atoms with van der Waals surface area (Å²) in [5.74, 6) is -1.40. The van der Waals surface area contributed by atoms with Crippen LogP contribution in [-0.2, 0) is 14.3 Å². The molecular weight excluding hydrogens is 330 g/mol. The summed E-state index contributed by atoms with van der Waals surface area (Å²) in [6.07, 6.45) is 0.399. The van der Waals surface area contributed by atoms with Gasteiger partial charge in [-0.05, 0) is 22.9 Å². The molecule has 0 aliphatic heterocycles. The number of methoxy groups -OCH3 is 1. The van der Waals surface area contributed by atoms with Gasteiger partial charge in [0.05, 0.1) is 13.2 Å². The number of hydrogen-bond donors (Lipinski definition) is 0. The molecule has 3 rings (SSSR count). The van der Waals surface area contributed by atoms with Gasteiger partial charge >= 0.3 is 5.97 Å². The highest BCUT2D eigenvalue weighted by Gasteiger charge is 2.58. The third-order valence-corrected chi connectivity index (χ3v) is 6.42. The normalized spacial score (nSPS) is 27.4. The maximum Gasteiger partial charge on any atom is 0.327 e. The largest absolute Gasteiger partial charge is 0.468 e. The first-order valence-electron chi connectivity index (χ1n) is 7.21. The van der Waals surface area contributed by atoms with Gasteiger partial charge in [0.2, 0.25) is 0 Å². The second-order valence-corrected chi connectivity index (χ2v) is 7.51. The van der Waals surface area contributed by atoms with Crippen LogP contribution in [0.1, 0.15) is 34.4 Å². The van der Waals surface area contributed by atoms with Crippen molar-refractivity contribution in [3.05, 3.63) is 44.8 Å². The summed E-state index contributed by atoms with van der Waals surface area (Å²) >= 11 is 2.94. The zero-order valence-electron chi connectivity index (χ0n) is 12.5. The second kappa shape index (κ2) is 6.26. The monoisotopic (exact) mass is 345 g/mol. The minimum atomic E-state index is -1.36. The van der Waals surface area contributed by atoms with Gasteiger partial charge in [0.25, 0.3) is 0 Å². The van der Waals surface area contributed by atoms with Crippen LogP contribution in [0.25, 0.3) is 0 Å². The fourth-order valence-corrected chi connectivity index (χ4v) is 5.20. The van der Waals surface area contributed by atoms with E-state index < -0.39 is 23.2 Å². The van der Waals surface area contributed by atoms with Crippen molar-refractivity contribution in [3.8, 4) is 6.07 Å². The molecule has 0 spiro atoms. The van der Waals surface area contributed by atoms with E-state index in [-0.39, 0.29) is 18.6 Å². The Morgan fingerprint density at radius 3 is 2.09 bits per heavy atom. The Bertz CT molecular complexity index is 697. The van der Waals surface area contributed by atoms with Crippen molar-refractivity contribution >= 4 is 34.4 Å². The quantitative estimate of drug-likeness (QED) is 0.795. The Morgan fingerprint density at radius 1 is 1.22 bits per heavy atom. The number of nitriles is 1. The second-order valence-electron chi connectivity index (χ2n) is 5.56. The van der Waals surface area contributed by atoms with Gasteiger partial charge in [-0.15, -0.1) is 22.7 Å². The first-order valence-corrected chi connectivity index (χ1v) is 8.97. The standard InChI is InChI=1S/C17H15NO3S2/c1-21-16(20)17(10-18)12(14-4-2-6-22-14)8-11(19)9-13(17)15-5-3-7-23-15/h2-7,12-13H,8-9H2,1H3/t12-,13+,17?. The third kappa shape index (κ3) is 2.50. The summed E-state index contributed by atoms with van der Waals surface area (Å²) in [5.41, 5.74) is -1.36. The van der Waals surface area contributed by atoms with Crippen LogP contribution in [0.4, 0.5) is 0 Å². The molecule has 0 saturated heterocycles. The summed E-state index contributed by atoms with van der Waals surface area (Å²) in [5, 5.41) is 13.8. The van der Waals surface area contributed by atoms with E-state index in [0.29, 0.717) is 0 Å². The summed E-state index contributed by atoms with van der Waals surface area (Å²) in [6, 6.07) is 9.77. The lowest BCUT2D eigenvalue weighted by Gasteiger charge is -2.41. The maximum atomic E-state index is 12.7. The Balaban J connectivity index is 2.19. The zero-order chi connectivity index (χ0) is 16.4. The highest BCUT2D eigenvalue weighted by molar-refractivity contribution is 7.10. The summed E-state index contributed by atoms with van der Waals surface area (Å²) in [6.45, 7) is 0. The van der Waals surface area contributed by atoms with Gasteiger partial charge in [0.1, 0.15) is 5.78 Å². The number of carbonyl (C=O) groups is 2. The first kappa shape index (κ1) is 15.9. The third-order valence-electron chi connectivity index (χ3n) is 4.44. The molecule has 23 heavy (non-hydrogen) atoms. The van der Waals surface area contributed by atoms with Crippen LogP contribution in [0.3, 0.4) is 0 Å². The lowest BCUT2D eigenvalue weighted by atomic mass is 9.59. The van der Waals surface area contributed by atoms with Gasteiger partial charge in [-0.25, -0.2) is 0 Å². The molecule has 0 radical (unpaired) electrons. The number of ether oxygens (including phenoxy) is 1. The molecule has 1 saturated carbocycles. The Morgan fingerprint density at radius 2 is 1.74 bits per heavy atom. The van der Waals surface area contributed by atoms with Gasteiger partial charge in [-0.1, -0.05) is 12.1 Å². The highest BCUT2D eigenvalue weighted by Crippen LogP contribution is 2.55. The number of Topliss-reactive ketones (excluding diaryl/α,β-unsaturated/α-hetero) is 1. The molecule has 1 aliphatic rings. The van der Waals surface area contributed by atoms with Crippen molar-refractivity contribution in [2.45, 2.75) is 24.7 Å². The summed E-state index contributed by atoms with van der Waals surface area (Å²) in [7, 11) is 1.30. The average Bonchev–Trinajstić information content (AvgIpc) is 3.26. The van der Waals surface area contributed by atoms with E-state index in [4.69, 9.17) is 4.74 Å². The maximum absolute atomic E-state index is 12.7. The SMILES string of the molecule is COC(=O)C1(C#N)[C@@H](c2cccs2)CC(=O)C[C@H]1c1cccs1. The lowest BCUT2D eigenvalue weighted by Crippen LogP contribution is -2.46. The average molecular weight is 345 g/mol. The van der Waals surface area contributed by atoms with Gasteiger partial charge in [-0.3, -0.25) is 9.59 Å². The van der Waals surface area contributed by atoms with E-state index in [2.05, 4.69) is 6.07 Å². The van der Waals surface area contributed by atoms with Gasteiger partial charge in [0, 0.05) is 34.4 Å². The molecular formula is C17H15NO3S2. The molecule has 3 atom stereocenters. The van der Waals surface area contributed by atoms with Gasteiger partial charge < -0.3 is 4.74 Å². The van der Waals surface area contributed by atoms with Crippen LogP contribution < -0.4 is 0 Å². The molecule has 0 amide bonds. The van der Waals surface area contributed by atoms with Crippen molar-refractivity contribution in [1.29, 1.82) is 5.26 Å². The topological polar surface area (TPSA) is 67.2 Å². The smallest absolute Gasteiger partial charge is 0.327 e. The van der Waals surface area contributed by atoms with Crippen LogP contribution >= 0.6 is 22.7 Å². The number of thiophene rings is 2. The van der Waals surface area contributed by atoms with Crippen molar-refractivity contribution in [2.75, 3.05) is 7.11 Å². The molecule has 118 valence electrons. The van der Waals surface area contributed by atoms with Crippen LogP contribution in [0.15, 0.2) is 35.0 Å². The lowest BCUT2D eigenvalue weighted by molar-refractivity contribution is -0.154. The van der Waals surface area contributed by atoms with E-state index in [1.807, 2.05) is 35.0 Å². The fourth-order valence-electron chi connectivity index (χ4n) is 3.39. The molecule has 0 aromatic carbocycles. The molecule has 2 heterocycles. The highest BCUT2D eigenvalue weighted by atomic mass is 32.1. The Kier molecular flexibility index (Phi) is 4.33. The van der Waals surface area contributed by atoms with Gasteiger partial charge in [-0.2, -0.15) is 5.26 Å². The molecule has 6 heteroatoms. The molecule has 1 unspecified atom stereocenters. The Labute approximate surface area is 142 Å². The minimum absolute atomic E-state index is 0.0802. The minimum Gasteiger partial charge on any atom is -0.468 e. The van der Waals surface area contributed by atoms with E-state index >= 15 is 0 Å². The van der Waals surface area contributed by atoms with E-state index in [1.54, 1.807) is 0 Å². The molecule has 0 bridgehead atoms. The number of carbonyl (C=O) groups excluding carboxylic acids is 2. The van der Waals surface area contributed by atoms with E-state index in [0.717, 1.165) is 9.75 Å².